The van der Waals surface area contributed by atoms with E-state index in [2.05, 4.69) is 41.2 Å². The van der Waals surface area contributed by atoms with Crippen molar-refractivity contribution in [2.24, 2.45) is 0 Å². The number of nitrogen functional groups attached to an aromatic ring is 1. The molecule has 2 aromatic rings. The van der Waals surface area contributed by atoms with Crippen LogP contribution in [0.5, 0.6) is 5.88 Å². The first-order chi connectivity index (χ1) is 10.1. The fraction of sp³-hybridized carbons (Fsp3) is 0.375. The third-order valence-electron chi connectivity index (χ3n) is 3.17. The van der Waals surface area contributed by atoms with Crippen LogP contribution in [0.2, 0.25) is 0 Å². The molecule has 0 saturated heterocycles. The van der Waals surface area contributed by atoms with Crippen molar-refractivity contribution in [2.45, 2.75) is 26.8 Å². The molecule has 2 rings (SSSR count). The predicted molar refractivity (Wildman–Crippen MR) is 85.5 cm³/mol. The minimum Gasteiger partial charge on any atom is -0.476 e. The highest BCUT2D eigenvalue weighted by Crippen LogP contribution is 2.28. The summed E-state index contributed by atoms with van der Waals surface area (Å²) in [5, 5.41) is 0. The third kappa shape index (κ3) is 3.84. The molecule has 5 heteroatoms. The Balaban J connectivity index is 2.14. The van der Waals surface area contributed by atoms with E-state index in [4.69, 9.17) is 10.5 Å². The molecule has 0 bridgehead atoms. The molecule has 0 fully saturated rings. The zero-order valence-electron chi connectivity index (χ0n) is 12.8. The van der Waals surface area contributed by atoms with Crippen LogP contribution in [0.15, 0.2) is 30.6 Å². The number of anilines is 2. The Kier molecular flexibility index (Phi) is 4.98. The SMILES string of the molecule is CCCOc1ncnc(N(C)Cc2ccc(C)cc2)c1N. The molecule has 21 heavy (non-hydrogen) atoms. The number of aromatic nitrogens is 2. The maximum atomic E-state index is 6.11. The average Bonchev–Trinajstić information content (AvgIpc) is 2.48. The molecular formula is C16H22N4O. The Morgan fingerprint density at radius 3 is 2.57 bits per heavy atom. The smallest absolute Gasteiger partial charge is 0.242 e. The molecule has 0 amide bonds. The molecule has 0 spiro atoms. The quantitative estimate of drug-likeness (QED) is 0.884. The largest absolute Gasteiger partial charge is 0.476 e. The van der Waals surface area contributed by atoms with Crippen molar-refractivity contribution in [3.63, 3.8) is 0 Å². The van der Waals surface area contributed by atoms with E-state index in [0.717, 1.165) is 13.0 Å². The van der Waals surface area contributed by atoms with Gasteiger partial charge in [0.05, 0.1) is 6.61 Å². The lowest BCUT2D eigenvalue weighted by Gasteiger charge is -2.20. The van der Waals surface area contributed by atoms with Crippen LogP contribution in [0, 0.1) is 6.92 Å². The van der Waals surface area contributed by atoms with Crippen molar-refractivity contribution in [1.82, 2.24) is 9.97 Å². The Morgan fingerprint density at radius 2 is 1.90 bits per heavy atom. The van der Waals surface area contributed by atoms with Crippen molar-refractivity contribution < 1.29 is 4.74 Å². The summed E-state index contributed by atoms with van der Waals surface area (Å²) < 4.78 is 5.54. The molecule has 0 atom stereocenters. The third-order valence-corrected chi connectivity index (χ3v) is 3.17. The minimum absolute atomic E-state index is 0.456. The zero-order chi connectivity index (χ0) is 15.2. The van der Waals surface area contributed by atoms with Crippen molar-refractivity contribution in [2.75, 3.05) is 24.3 Å². The zero-order valence-corrected chi connectivity index (χ0v) is 12.8. The molecule has 2 N–H and O–H groups in total. The van der Waals surface area contributed by atoms with Gasteiger partial charge in [-0.2, -0.15) is 4.98 Å². The fourth-order valence-electron chi connectivity index (χ4n) is 2.03. The molecule has 0 aliphatic heterocycles. The number of rotatable bonds is 6. The van der Waals surface area contributed by atoms with Crippen LogP contribution in [0.3, 0.4) is 0 Å². The Bertz CT molecular complexity index is 583. The van der Waals surface area contributed by atoms with Gasteiger partial charge in [0.25, 0.3) is 0 Å². The Labute approximate surface area is 125 Å². The van der Waals surface area contributed by atoms with Gasteiger partial charge in [0.2, 0.25) is 5.88 Å². The number of benzene rings is 1. The second kappa shape index (κ2) is 6.92. The average molecular weight is 286 g/mol. The lowest BCUT2D eigenvalue weighted by molar-refractivity contribution is 0.306. The van der Waals surface area contributed by atoms with Gasteiger partial charge in [0.1, 0.15) is 12.0 Å². The van der Waals surface area contributed by atoms with Gasteiger partial charge in [0, 0.05) is 13.6 Å². The molecule has 1 aromatic carbocycles. The lowest BCUT2D eigenvalue weighted by Crippen LogP contribution is -2.20. The summed E-state index contributed by atoms with van der Waals surface area (Å²) in [6, 6.07) is 8.42. The molecule has 112 valence electrons. The second-order valence-electron chi connectivity index (χ2n) is 5.11. The molecule has 1 heterocycles. The van der Waals surface area contributed by atoms with E-state index in [-0.39, 0.29) is 0 Å². The summed E-state index contributed by atoms with van der Waals surface area (Å²) in [7, 11) is 1.96. The topological polar surface area (TPSA) is 64.3 Å². The van der Waals surface area contributed by atoms with Gasteiger partial charge in [-0.3, -0.25) is 0 Å². The highest BCUT2D eigenvalue weighted by molar-refractivity contribution is 5.67. The summed E-state index contributed by atoms with van der Waals surface area (Å²) in [4.78, 5) is 10.4. The number of nitrogens with two attached hydrogens (primary N) is 1. The van der Waals surface area contributed by atoms with Crippen molar-refractivity contribution in [3.8, 4) is 5.88 Å². The highest BCUT2D eigenvalue weighted by atomic mass is 16.5. The number of nitrogens with zero attached hydrogens (tertiary/aromatic N) is 3. The van der Waals surface area contributed by atoms with Crippen LogP contribution in [0.1, 0.15) is 24.5 Å². The molecular weight excluding hydrogens is 264 g/mol. The maximum absolute atomic E-state index is 6.11. The predicted octanol–water partition coefficient (Wildman–Crippen LogP) is 2.79. The molecule has 0 radical (unpaired) electrons. The van der Waals surface area contributed by atoms with Crippen molar-refractivity contribution in [1.29, 1.82) is 0 Å². The summed E-state index contributed by atoms with van der Waals surface area (Å²) in [5.41, 5.74) is 9.05. The van der Waals surface area contributed by atoms with Gasteiger partial charge >= 0.3 is 0 Å². The summed E-state index contributed by atoms with van der Waals surface area (Å²) >= 11 is 0. The first-order valence-corrected chi connectivity index (χ1v) is 7.11. The normalized spacial score (nSPS) is 10.4. The van der Waals surface area contributed by atoms with Crippen molar-refractivity contribution in [3.05, 3.63) is 41.7 Å². The molecule has 0 unspecified atom stereocenters. The molecule has 0 saturated carbocycles. The minimum atomic E-state index is 0.456. The van der Waals surface area contributed by atoms with Crippen LogP contribution in [-0.4, -0.2) is 23.6 Å². The van der Waals surface area contributed by atoms with Crippen LogP contribution >= 0.6 is 0 Å². The van der Waals surface area contributed by atoms with Gasteiger partial charge < -0.3 is 15.4 Å². The van der Waals surface area contributed by atoms with E-state index >= 15 is 0 Å². The summed E-state index contributed by atoms with van der Waals surface area (Å²) in [6.45, 7) is 5.45. The van der Waals surface area contributed by atoms with Gasteiger partial charge in [-0.1, -0.05) is 36.8 Å². The van der Waals surface area contributed by atoms with Crippen LogP contribution in [0.25, 0.3) is 0 Å². The van der Waals surface area contributed by atoms with E-state index in [1.165, 1.54) is 17.5 Å². The fourth-order valence-corrected chi connectivity index (χ4v) is 2.03. The highest BCUT2D eigenvalue weighted by Gasteiger charge is 2.13. The van der Waals surface area contributed by atoms with Gasteiger partial charge in [-0.25, -0.2) is 4.98 Å². The van der Waals surface area contributed by atoms with Crippen molar-refractivity contribution >= 4 is 11.5 Å². The van der Waals surface area contributed by atoms with E-state index in [9.17, 15) is 0 Å². The lowest BCUT2D eigenvalue weighted by atomic mass is 10.1. The van der Waals surface area contributed by atoms with E-state index in [0.29, 0.717) is 24.0 Å². The van der Waals surface area contributed by atoms with E-state index in [1.807, 2.05) is 18.9 Å². The van der Waals surface area contributed by atoms with Gasteiger partial charge in [0.15, 0.2) is 5.82 Å². The standard InChI is InChI=1S/C16H22N4O/c1-4-9-21-16-14(17)15(18-11-19-16)20(3)10-13-7-5-12(2)6-8-13/h5-8,11H,4,9-10,17H2,1-3H3. The van der Waals surface area contributed by atoms with E-state index in [1.54, 1.807) is 0 Å². The number of aryl methyl sites for hydroxylation is 1. The monoisotopic (exact) mass is 286 g/mol. The van der Waals surface area contributed by atoms with Gasteiger partial charge in [-0.15, -0.1) is 0 Å². The number of ether oxygens (including phenoxy) is 1. The Morgan fingerprint density at radius 1 is 1.19 bits per heavy atom. The molecule has 0 aliphatic rings. The summed E-state index contributed by atoms with van der Waals surface area (Å²) in [6.07, 6.45) is 2.40. The van der Waals surface area contributed by atoms with Crippen LogP contribution < -0.4 is 15.4 Å². The molecule has 5 nitrogen and oxygen atoms in total. The second-order valence-corrected chi connectivity index (χ2v) is 5.11. The molecule has 0 aliphatic carbocycles. The first kappa shape index (κ1) is 15.1. The maximum Gasteiger partial charge on any atom is 0.242 e. The molecule has 1 aromatic heterocycles. The number of hydrogen-bond donors (Lipinski definition) is 1. The number of hydrogen-bond acceptors (Lipinski definition) is 5. The Hall–Kier alpha value is -2.30. The van der Waals surface area contributed by atoms with Crippen LogP contribution in [-0.2, 0) is 6.54 Å². The van der Waals surface area contributed by atoms with Crippen LogP contribution in [0.4, 0.5) is 11.5 Å². The van der Waals surface area contributed by atoms with Gasteiger partial charge in [-0.05, 0) is 18.9 Å². The van der Waals surface area contributed by atoms with E-state index < -0.39 is 0 Å². The summed E-state index contributed by atoms with van der Waals surface area (Å²) in [5.74, 6) is 1.15. The first-order valence-electron chi connectivity index (χ1n) is 7.11.